The minimum Gasteiger partial charge on any atom is -0.387 e. The minimum absolute atomic E-state index is 0.0509. The molecule has 2 N–H and O–H groups in total. The molecule has 0 spiro atoms. The summed E-state index contributed by atoms with van der Waals surface area (Å²) in [4.78, 5) is 12.0. The number of aromatic nitrogens is 3. The number of rotatable bonds is 5. The second kappa shape index (κ2) is 7.43. The van der Waals surface area contributed by atoms with Gasteiger partial charge in [-0.15, -0.1) is 5.10 Å². The number of carbonyl (C=O) groups is 1. The van der Waals surface area contributed by atoms with E-state index < -0.39 is 6.10 Å². The van der Waals surface area contributed by atoms with E-state index in [-0.39, 0.29) is 12.5 Å². The van der Waals surface area contributed by atoms with Crippen LogP contribution in [0.2, 0.25) is 0 Å². The van der Waals surface area contributed by atoms with E-state index >= 15 is 0 Å². The first kappa shape index (κ1) is 17.9. The number of aliphatic hydroxyl groups is 1. The Labute approximate surface area is 138 Å². The quantitative estimate of drug-likeness (QED) is 0.871. The lowest BCUT2D eigenvalue weighted by Gasteiger charge is -2.37. The SMILES string of the molecule is C[C@@H](O)c1cn(CC(=O)NCC2CCC(C(C)(C)C)CC2)nn1. The van der Waals surface area contributed by atoms with Crippen molar-refractivity contribution in [1.82, 2.24) is 20.3 Å². The monoisotopic (exact) mass is 322 g/mol. The van der Waals surface area contributed by atoms with E-state index in [0.29, 0.717) is 17.0 Å². The molecule has 1 heterocycles. The van der Waals surface area contributed by atoms with E-state index in [1.165, 1.54) is 30.4 Å². The number of carbonyl (C=O) groups excluding carboxylic acids is 1. The summed E-state index contributed by atoms with van der Waals surface area (Å²) >= 11 is 0. The average Bonchev–Trinajstić information content (AvgIpc) is 2.93. The fourth-order valence-electron chi connectivity index (χ4n) is 3.28. The molecule has 0 aliphatic heterocycles. The summed E-state index contributed by atoms with van der Waals surface area (Å²) in [6, 6.07) is 0. The van der Waals surface area contributed by atoms with E-state index in [9.17, 15) is 9.90 Å². The van der Waals surface area contributed by atoms with Gasteiger partial charge < -0.3 is 10.4 Å². The molecule has 1 atom stereocenters. The molecule has 0 aromatic carbocycles. The van der Waals surface area contributed by atoms with Crippen molar-refractivity contribution in [3.8, 4) is 0 Å². The van der Waals surface area contributed by atoms with Crippen LogP contribution in [0, 0.1) is 17.3 Å². The van der Waals surface area contributed by atoms with Crippen LogP contribution in [0.5, 0.6) is 0 Å². The topological polar surface area (TPSA) is 80.0 Å². The maximum atomic E-state index is 12.0. The molecule has 1 saturated carbocycles. The van der Waals surface area contributed by atoms with Gasteiger partial charge >= 0.3 is 0 Å². The molecule has 1 aromatic rings. The Bertz CT molecular complexity index is 511. The van der Waals surface area contributed by atoms with Gasteiger partial charge in [-0.3, -0.25) is 4.79 Å². The second-order valence-electron chi connectivity index (χ2n) is 7.90. The Morgan fingerprint density at radius 3 is 2.57 bits per heavy atom. The molecule has 1 aliphatic rings. The molecule has 6 heteroatoms. The highest BCUT2D eigenvalue weighted by molar-refractivity contribution is 5.75. The molecule has 1 fully saturated rings. The van der Waals surface area contributed by atoms with Gasteiger partial charge in [0.25, 0.3) is 0 Å². The van der Waals surface area contributed by atoms with Crippen molar-refractivity contribution in [2.75, 3.05) is 6.54 Å². The van der Waals surface area contributed by atoms with Gasteiger partial charge in [-0.05, 0) is 49.9 Å². The van der Waals surface area contributed by atoms with Crippen LogP contribution >= 0.6 is 0 Å². The molecule has 0 bridgehead atoms. The summed E-state index contributed by atoms with van der Waals surface area (Å²) < 4.78 is 1.47. The van der Waals surface area contributed by atoms with E-state index in [1.54, 1.807) is 13.1 Å². The maximum Gasteiger partial charge on any atom is 0.241 e. The van der Waals surface area contributed by atoms with E-state index in [4.69, 9.17) is 0 Å². The number of hydrogen-bond acceptors (Lipinski definition) is 4. The molecule has 0 saturated heterocycles. The van der Waals surface area contributed by atoms with Crippen molar-refractivity contribution >= 4 is 5.91 Å². The summed E-state index contributed by atoms with van der Waals surface area (Å²) in [5.41, 5.74) is 0.876. The number of nitrogens with one attached hydrogen (secondary N) is 1. The van der Waals surface area contributed by atoms with Crippen molar-refractivity contribution < 1.29 is 9.90 Å². The van der Waals surface area contributed by atoms with E-state index in [1.807, 2.05) is 0 Å². The summed E-state index contributed by atoms with van der Waals surface area (Å²) in [7, 11) is 0. The number of hydrogen-bond donors (Lipinski definition) is 2. The maximum absolute atomic E-state index is 12.0. The highest BCUT2D eigenvalue weighted by Crippen LogP contribution is 2.39. The number of amides is 1. The van der Waals surface area contributed by atoms with Crippen LogP contribution in [0.15, 0.2) is 6.20 Å². The Hall–Kier alpha value is -1.43. The van der Waals surface area contributed by atoms with Crippen molar-refractivity contribution in [2.24, 2.45) is 17.3 Å². The predicted octanol–water partition coefficient (Wildman–Crippen LogP) is 2.30. The largest absolute Gasteiger partial charge is 0.387 e. The van der Waals surface area contributed by atoms with Crippen LogP contribution < -0.4 is 5.32 Å². The Morgan fingerprint density at radius 2 is 2.04 bits per heavy atom. The van der Waals surface area contributed by atoms with Gasteiger partial charge in [-0.2, -0.15) is 0 Å². The van der Waals surface area contributed by atoms with Gasteiger partial charge in [0, 0.05) is 6.54 Å². The molecule has 0 radical (unpaired) electrons. The van der Waals surface area contributed by atoms with Crippen molar-refractivity contribution in [3.63, 3.8) is 0 Å². The highest BCUT2D eigenvalue weighted by Gasteiger charge is 2.29. The first-order valence-corrected chi connectivity index (χ1v) is 8.60. The zero-order valence-electron chi connectivity index (χ0n) is 14.7. The fourth-order valence-corrected chi connectivity index (χ4v) is 3.28. The fraction of sp³-hybridized carbons (Fsp3) is 0.824. The summed E-state index contributed by atoms with van der Waals surface area (Å²) in [5.74, 6) is 1.33. The summed E-state index contributed by atoms with van der Waals surface area (Å²) in [6.07, 6.45) is 5.84. The zero-order chi connectivity index (χ0) is 17.0. The normalized spacial score (nSPS) is 23.5. The lowest BCUT2D eigenvalue weighted by molar-refractivity contribution is -0.122. The van der Waals surface area contributed by atoms with Gasteiger partial charge in [-0.1, -0.05) is 26.0 Å². The lowest BCUT2D eigenvalue weighted by Crippen LogP contribution is -2.35. The summed E-state index contributed by atoms with van der Waals surface area (Å²) in [5, 5.41) is 20.1. The van der Waals surface area contributed by atoms with Gasteiger partial charge in [0.2, 0.25) is 5.91 Å². The van der Waals surface area contributed by atoms with Crippen molar-refractivity contribution in [3.05, 3.63) is 11.9 Å². The van der Waals surface area contributed by atoms with Gasteiger partial charge in [0.1, 0.15) is 12.2 Å². The molecule has 6 nitrogen and oxygen atoms in total. The molecule has 1 amide bonds. The van der Waals surface area contributed by atoms with E-state index in [2.05, 4.69) is 36.4 Å². The molecular weight excluding hydrogens is 292 g/mol. The highest BCUT2D eigenvalue weighted by atomic mass is 16.3. The number of aliphatic hydroxyl groups excluding tert-OH is 1. The number of nitrogens with zero attached hydrogens (tertiary/aromatic N) is 3. The van der Waals surface area contributed by atoms with Crippen LogP contribution in [0.1, 0.15) is 65.2 Å². The van der Waals surface area contributed by atoms with Crippen molar-refractivity contribution in [1.29, 1.82) is 0 Å². The van der Waals surface area contributed by atoms with Crippen LogP contribution in [-0.2, 0) is 11.3 Å². The molecule has 2 rings (SSSR count). The zero-order valence-corrected chi connectivity index (χ0v) is 14.7. The van der Waals surface area contributed by atoms with E-state index in [0.717, 1.165) is 12.5 Å². The third-order valence-corrected chi connectivity index (χ3v) is 4.95. The lowest BCUT2D eigenvalue weighted by atomic mass is 9.70. The molecule has 1 aliphatic carbocycles. The van der Waals surface area contributed by atoms with Gasteiger partial charge in [0.15, 0.2) is 0 Å². The Kier molecular flexibility index (Phi) is 5.79. The van der Waals surface area contributed by atoms with Gasteiger partial charge in [-0.25, -0.2) is 4.68 Å². The standard InChI is InChI=1S/C17H30N4O2/c1-12(22)15-10-21(20-19-15)11-16(23)18-9-13-5-7-14(8-6-13)17(2,3)4/h10,12-14,22H,5-9,11H2,1-4H3,(H,18,23)/t12-,13?,14?/m1/s1. The second-order valence-corrected chi connectivity index (χ2v) is 7.90. The molecule has 23 heavy (non-hydrogen) atoms. The molecule has 0 unspecified atom stereocenters. The van der Waals surface area contributed by atoms with Crippen molar-refractivity contribution in [2.45, 2.75) is 66.0 Å². The van der Waals surface area contributed by atoms with Crippen LogP contribution in [0.25, 0.3) is 0 Å². The minimum atomic E-state index is -0.662. The molecule has 1 aromatic heterocycles. The first-order chi connectivity index (χ1) is 10.8. The van der Waals surface area contributed by atoms with Gasteiger partial charge in [0.05, 0.1) is 12.3 Å². The third-order valence-electron chi connectivity index (χ3n) is 4.95. The van der Waals surface area contributed by atoms with Crippen LogP contribution in [-0.4, -0.2) is 32.6 Å². The van der Waals surface area contributed by atoms with Crippen LogP contribution in [0.3, 0.4) is 0 Å². The Balaban J connectivity index is 1.71. The Morgan fingerprint density at radius 1 is 1.39 bits per heavy atom. The summed E-state index contributed by atoms with van der Waals surface area (Å²) in [6.45, 7) is 9.48. The first-order valence-electron chi connectivity index (χ1n) is 8.60. The third kappa shape index (κ3) is 5.30. The van der Waals surface area contributed by atoms with Crippen LogP contribution in [0.4, 0.5) is 0 Å². The molecular formula is C17H30N4O2. The predicted molar refractivity (Wildman–Crippen MR) is 88.6 cm³/mol. The smallest absolute Gasteiger partial charge is 0.241 e. The molecule has 130 valence electrons. The average molecular weight is 322 g/mol.